The maximum atomic E-state index is 12.2. The molecule has 2 fully saturated rings. The third-order valence-corrected chi connectivity index (χ3v) is 5.08. The van der Waals surface area contributed by atoms with E-state index in [1.165, 1.54) is 51.6 Å². The Bertz CT molecular complexity index is 536. The van der Waals surface area contributed by atoms with Crippen LogP contribution in [0.25, 0.3) is 0 Å². The second-order valence-electron chi connectivity index (χ2n) is 7.06. The van der Waals surface area contributed by atoms with Gasteiger partial charge in [-0.1, -0.05) is 12.8 Å². The molecule has 0 bridgehead atoms. The van der Waals surface area contributed by atoms with Gasteiger partial charge in [-0.2, -0.15) is 0 Å². The summed E-state index contributed by atoms with van der Waals surface area (Å²) in [7, 11) is 0. The molecule has 0 atom stereocenters. The molecule has 1 aromatic rings. The first-order chi connectivity index (χ1) is 12.3. The number of aromatic nitrogens is 1. The fourth-order valence-electron chi connectivity index (χ4n) is 3.71. The molecule has 1 aromatic heterocycles. The van der Waals surface area contributed by atoms with Crippen LogP contribution in [0.2, 0.25) is 0 Å². The van der Waals surface area contributed by atoms with Crippen molar-refractivity contribution in [3.63, 3.8) is 0 Å². The highest BCUT2D eigenvalue weighted by atomic mass is 16.2. The van der Waals surface area contributed by atoms with Crippen molar-refractivity contribution in [3.8, 4) is 0 Å². The first-order valence-corrected chi connectivity index (χ1v) is 9.80. The topological polar surface area (TPSA) is 60.5 Å². The average molecular weight is 345 g/mol. The number of nitrogens with zero attached hydrogens (tertiary/aromatic N) is 3. The third-order valence-electron chi connectivity index (χ3n) is 5.08. The maximum absolute atomic E-state index is 12.2. The van der Waals surface area contributed by atoms with Crippen LogP contribution in [0.3, 0.4) is 0 Å². The molecule has 6 nitrogen and oxygen atoms in total. The van der Waals surface area contributed by atoms with E-state index in [1.807, 2.05) is 12.1 Å². The van der Waals surface area contributed by atoms with Gasteiger partial charge in [0, 0.05) is 25.8 Å². The molecule has 2 aliphatic heterocycles. The number of carbonyl (C=O) groups excluding carboxylic acids is 1. The van der Waals surface area contributed by atoms with Crippen molar-refractivity contribution in [2.45, 2.75) is 44.9 Å². The molecule has 0 radical (unpaired) electrons. The lowest BCUT2D eigenvalue weighted by Crippen LogP contribution is -2.33. The molecule has 25 heavy (non-hydrogen) atoms. The average Bonchev–Trinajstić information content (AvgIpc) is 3.03. The molecule has 3 rings (SSSR count). The van der Waals surface area contributed by atoms with Crippen LogP contribution >= 0.6 is 0 Å². The van der Waals surface area contributed by atoms with E-state index in [4.69, 9.17) is 0 Å². The second kappa shape index (κ2) is 9.61. The Morgan fingerprint density at radius 2 is 1.76 bits per heavy atom. The monoisotopic (exact) mass is 345 g/mol. The summed E-state index contributed by atoms with van der Waals surface area (Å²) in [5, 5.41) is 5.95. The molecule has 2 aliphatic rings. The standard InChI is InChI=1S/C19H31N5O/c25-19(21-11-8-14-23-12-3-1-2-4-13-23)22-17-9-7-10-20-18(17)24-15-5-6-16-24/h7,9-10H,1-6,8,11-16H2,(H2,21,22,25). The number of pyridine rings is 1. The molecule has 138 valence electrons. The van der Waals surface area contributed by atoms with E-state index in [-0.39, 0.29) is 6.03 Å². The second-order valence-corrected chi connectivity index (χ2v) is 7.06. The summed E-state index contributed by atoms with van der Waals surface area (Å²) in [6, 6.07) is 3.66. The Balaban J connectivity index is 1.40. The molecule has 2 saturated heterocycles. The van der Waals surface area contributed by atoms with Gasteiger partial charge in [-0.15, -0.1) is 0 Å². The number of carbonyl (C=O) groups is 1. The number of anilines is 2. The van der Waals surface area contributed by atoms with Crippen LogP contribution in [0, 0.1) is 0 Å². The van der Waals surface area contributed by atoms with Gasteiger partial charge in [-0.3, -0.25) is 0 Å². The van der Waals surface area contributed by atoms with Gasteiger partial charge in [0.2, 0.25) is 0 Å². The molecule has 0 aromatic carbocycles. The molecule has 0 saturated carbocycles. The Hall–Kier alpha value is -1.82. The van der Waals surface area contributed by atoms with Gasteiger partial charge in [0.1, 0.15) is 0 Å². The summed E-state index contributed by atoms with van der Waals surface area (Å²) in [5.74, 6) is 0.889. The molecule has 3 heterocycles. The molecule has 0 spiro atoms. The van der Waals surface area contributed by atoms with Gasteiger partial charge in [0.05, 0.1) is 5.69 Å². The minimum atomic E-state index is -0.135. The Morgan fingerprint density at radius 3 is 2.52 bits per heavy atom. The molecule has 2 amide bonds. The normalized spacial score (nSPS) is 18.8. The van der Waals surface area contributed by atoms with Crippen molar-refractivity contribution >= 4 is 17.5 Å². The van der Waals surface area contributed by atoms with Crippen LogP contribution in [-0.2, 0) is 0 Å². The quantitative estimate of drug-likeness (QED) is 0.778. The van der Waals surface area contributed by atoms with Crippen molar-refractivity contribution < 1.29 is 4.79 Å². The first kappa shape index (κ1) is 18.0. The fraction of sp³-hybridized carbons (Fsp3) is 0.684. The maximum Gasteiger partial charge on any atom is 0.319 e. The van der Waals surface area contributed by atoms with E-state index >= 15 is 0 Å². The number of urea groups is 1. The van der Waals surface area contributed by atoms with Gasteiger partial charge < -0.3 is 20.4 Å². The molecule has 2 N–H and O–H groups in total. The lowest BCUT2D eigenvalue weighted by atomic mass is 10.2. The Labute approximate surface area is 151 Å². The zero-order valence-electron chi connectivity index (χ0n) is 15.2. The Morgan fingerprint density at radius 1 is 1.04 bits per heavy atom. The number of hydrogen-bond acceptors (Lipinski definition) is 4. The minimum absolute atomic E-state index is 0.135. The zero-order chi connectivity index (χ0) is 17.3. The number of amides is 2. The fourth-order valence-corrected chi connectivity index (χ4v) is 3.71. The number of nitrogens with one attached hydrogen (secondary N) is 2. The molecule has 0 unspecified atom stereocenters. The summed E-state index contributed by atoms with van der Waals surface area (Å²) in [4.78, 5) is 21.4. The zero-order valence-corrected chi connectivity index (χ0v) is 15.2. The van der Waals surface area contributed by atoms with Crippen molar-refractivity contribution in [3.05, 3.63) is 18.3 Å². The highest BCUT2D eigenvalue weighted by Crippen LogP contribution is 2.25. The van der Waals surface area contributed by atoms with Crippen LogP contribution in [0.4, 0.5) is 16.3 Å². The minimum Gasteiger partial charge on any atom is -0.355 e. The SMILES string of the molecule is O=C(NCCCN1CCCCCC1)Nc1cccnc1N1CCCC1. The van der Waals surface area contributed by atoms with Gasteiger partial charge in [-0.05, 0) is 63.9 Å². The van der Waals surface area contributed by atoms with Gasteiger partial charge in [0.15, 0.2) is 5.82 Å². The van der Waals surface area contributed by atoms with Crippen LogP contribution in [0.15, 0.2) is 18.3 Å². The van der Waals surface area contributed by atoms with Crippen LogP contribution < -0.4 is 15.5 Å². The van der Waals surface area contributed by atoms with Gasteiger partial charge >= 0.3 is 6.03 Å². The van der Waals surface area contributed by atoms with E-state index in [0.29, 0.717) is 6.54 Å². The smallest absolute Gasteiger partial charge is 0.319 e. The third kappa shape index (κ3) is 5.59. The first-order valence-electron chi connectivity index (χ1n) is 9.80. The van der Waals surface area contributed by atoms with Crippen LogP contribution in [0.5, 0.6) is 0 Å². The van der Waals surface area contributed by atoms with Gasteiger partial charge in [-0.25, -0.2) is 9.78 Å². The van der Waals surface area contributed by atoms with Crippen LogP contribution in [0.1, 0.15) is 44.9 Å². The van der Waals surface area contributed by atoms with Crippen molar-refractivity contribution in [1.29, 1.82) is 0 Å². The van der Waals surface area contributed by atoms with E-state index in [0.717, 1.165) is 37.6 Å². The van der Waals surface area contributed by atoms with E-state index in [2.05, 4.69) is 25.4 Å². The van der Waals surface area contributed by atoms with Crippen molar-refractivity contribution in [1.82, 2.24) is 15.2 Å². The molecular formula is C19H31N5O. The van der Waals surface area contributed by atoms with Crippen molar-refractivity contribution in [2.75, 3.05) is 49.5 Å². The number of hydrogen-bond donors (Lipinski definition) is 2. The highest BCUT2D eigenvalue weighted by molar-refractivity contribution is 5.92. The predicted molar refractivity (Wildman–Crippen MR) is 102 cm³/mol. The van der Waals surface area contributed by atoms with E-state index in [9.17, 15) is 4.79 Å². The predicted octanol–water partition coefficient (Wildman–Crippen LogP) is 3.07. The number of rotatable bonds is 6. The largest absolute Gasteiger partial charge is 0.355 e. The Kier molecular flexibility index (Phi) is 6.91. The lowest BCUT2D eigenvalue weighted by molar-refractivity contribution is 0.249. The molecule has 6 heteroatoms. The van der Waals surface area contributed by atoms with Gasteiger partial charge in [0.25, 0.3) is 0 Å². The summed E-state index contributed by atoms with van der Waals surface area (Å²) in [6.45, 7) is 6.24. The van der Waals surface area contributed by atoms with E-state index < -0.39 is 0 Å². The summed E-state index contributed by atoms with van der Waals surface area (Å²) < 4.78 is 0. The molecule has 0 aliphatic carbocycles. The van der Waals surface area contributed by atoms with E-state index in [1.54, 1.807) is 6.20 Å². The summed E-state index contributed by atoms with van der Waals surface area (Å²) in [6.07, 6.45) is 10.5. The lowest BCUT2D eigenvalue weighted by Gasteiger charge is -2.21. The van der Waals surface area contributed by atoms with Crippen molar-refractivity contribution in [2.24, 2.45) is 0 Å². The summed E-state index contributed by atoms with van der Waals surface area (Å²) >= 11 is 0. The highest BCUT2D eigenvalue weighted by Gasteiger charge is 2.17. The van der Waals surface area contributed by atoms with Crippen LogP contribution in [-0.4, -0.2) is 55.2 Å². The number of likely N-dealkylation sites (tertiary alicyclic amines) is 1. The summed E-state index contributed by atoms with van der Waals surface area (Å²) in [5.41, 5.74) is 0.800. The molecular weight excluding hydrogens is 314 g/mol.